The van der Waals surface area contributed by atoms with Crippen molar-refractivity contribution in [1.82, 2.24) is 19.9 Å². The van der Waals surface area contributed by atoms with Crippen LogP contribution in [0.25, 0.3) is 10.9 Å². The molecule has 0 aliphatic carbocycles. The topological polar surface area (TPSA) is 74.7 Å². The molecule has 2 aromatic heterocycles. The van der Waals surface area contributed by atoms with Crippen LogP contribution in [0.4, 0.5) is 16.3 Å². The van der Waals surface area contributed by atoms with Crippen LogP contribution < -0.4 is 9.80 Å². The molecular weight excluding hydrogens is 440 g/mol. The zero-order valence-electron chi connectivity index (χ0n) is 20.9. The van der Waals surface area contributed by atoms with Gasteiger partial charge in [-0.05, 0) is 63.9 Å². The highest BCUT2D eigenvalue weighted by Gasteiger charge is 2.29. The van der Waals surface area contributed by atoms with Crippen LogP contribution in [0, 0.1) is 0 Å². The monoisotopic (exact) mass is 474 g/mol. The van der Waals surface area contributed by atoms with Gasteiger partial charge in [0.25, 0.3) is 0 Å². The summed E-state index contributed by atoms with van der Waals surface area (Å²) in [5.41, 5.74) is 2.79. The van der Waals surface area contributed by atoms with E-state index < -0.39 is 5.60 Å². The third-order valence-electron chi connectivity index (χ3n) is 6.80. The summed E-state index contributed by atoms with van der Waals surface area (Å²) in [5.74, 6) is 1.35. The van der Waals surface area contributed by atoms with E-state index in [0.29, 0.717) is 19.0 Å². The molecule has 1 aromatic carbocycles. The number of piperidine rings is 1. The molecule has 0 atom stereocenters. The Morgan fingerprint density at radius 2 is 1.66 bits per heavy atom. The van der Waals surface area contributed by atoms with Crippen molar-refractivity contribution >= 4 is 28.5 Å². The summed E-state index contributed by atoms with van der Waals surface area (Å²) >= 11 is 0. The van der Waals surface area contributed by atoms with Crippen molar-refractivity contribution in [2.75, 3.05) is 49.1 Å². The number of rotatable bonds is 3. The summed E-state index contributed by atoms with van der Waals surface area (Å²) in [6, 6.07) is 12.6. The predicted molar refractivity (Wildman–Crippen MR) is 138 cm³/mol. The van der Waals surface area contributed by atoms with Crippen molar-refractivity contribution in [3.63, 3.8) is 0 Å². The molecule has 3 aromatic rings. The third-order valence-corrected chi connectivity index (χ3v) is 6.80. The normalized spacial score (nSPS) is 17.6. The number of amides is 1. The lowest BCUT2D eigenvalue weighted by atomic mass is 9.91. The van der Waals surface area contributed by atoms with Crippen LogP contribution in [0.3, 0.4) is 0 Å². The van der Waals surface area contributed by atoms with E-state index in [4.69, 9.17) is 4.74 Å². The average Bonchev–Trinajstić information content (AvgIpc) is 2.88. The van der Waals surface area contributed by atoms with Gasteiger partial charge in [0, 0.05) is 62.5 Å². The summed E-state index contributed by atoms with van der Waals surface area (Å²) in [4.78, 5) is 32.7. The average molecular weight is 475 g/mol. The van der Waals surface area contributed by atoms with Crippen molar-refractivity contribution in [3.05, 3.63) is 54.6 Å². The first-order chi connectivity index (χ1) is 16.9. The van der Waals surface area contributed by atoms with E-state index in [9.17, 15) is 4.79 Å². The summed E-state index contributed by atoms with van der Waals surface area (Å²) in [5, 5.41) is 1.11. The molecule has 2 aliphatic heterocycles. The molecule has 0 N–H and O–H groups in total. The highest BCUT2D eigenvalue weighted by atomic mass is 16.6. The Balaban J connectivity index is 1.25. The van der Waals surface area contributed by atoms with Gasteiger partial charge in [-0.25, -0.2) is 19.7 Å². The lowest BCUT2D eigenvalue weighted by Gasteiger charge is -2.36. The standard InChI is InChI=1S/C27H34N6O2/c1-27(2,3)35-26(34)33-12-9-20(10-13-33)25-22-8-7-21(18-23(22)29-19-30-25)31-14-16-32(17-15-31)24-6-4-5-11-28-24/h4-8,11,18-20H,9-10,12-17H2,1-3H3. The fourth-order valence-electron chi connectivity index (χ4n) is 4.98. The summed E-state index contributed by atoms with van der Waals surface area (Å²) < 4.78 is 5.54. The molecule has 1 amide bonds. The Labute approximate surface area is 206 Å². The second kappa shape index (κ2) is 9.68. The summed E-state index contributed by atoms with van der Waals surface area (Å²) in [6.07, 6.45) is 5.06. The predicted octanol–water partition coefficient (Wildman–Crippen LogP) is 4.47. The Bertz CT molecular complexity index is 1160. The van der Waals surface area contributed by atoms with Crippen molar-refractivity contribution in [1.29, 1.82) is 0 Å². The van der Waals surface area contributed by atoms with Gasteiger partial charge in [-0.2, -0.15) is 0 Å². The molecule has 8 nitrogen and oxygen atoms in total. The van der Waals surface area contributed by atoms with Crippen LogP contribution in [-0.4, -0.2) is 70.8 Å². The Morgan fingerprint density at radius 3 is 2.34 bits per heavy atom. The van der Waals surface area contributed by atoms with E-state index in [1.54, 1.807) is 6.33 Å². The maximum atomic E-state index is 12.4. The number of fused-ring (bicyclic) bond motifs is 1. The molecule has 2 saturated heterocycles. The van der Waals surface area contributed by atoms with Crippen LogP contribution in [0.2, 0.25) is 0 Å². The van der Waals surface area contributed by atoms with Crippen molar-refractivity contribution in [2.45, 2.75) is 45.1 Å². The van der Waals surface area contributed by atoms with Gasteiger partial charge in [0.05, 0.1) is 11.2 Å². The van der Waals surface area contributed by atoms with Gasteiger partial charge in [-0.1, -0.05) is 6.07 Å². The quantitative estimate of drug-likeness (QED) is 0.555. The maximum Gasteiger partial charge on any atom is 0.410 e. The molecule has 184 valence electrons. The second-order valence-electron chi connectivity index (χ2n) is 10.4. The number of hydrogen-bond acceptors (Lipinski definition) is 7. The fourth-order valence-corrected chi connectivity index (χ4v) is 4.98. The summed E-state index contributed by atoms with van der Waals surface area (Å²) in [6.45, 7) is 10.9. The largest absolute Gasteiger partial charge is 0.444 e. The number of nitrogens with zero attached hydrogens (tertiary/aromatic N) is 6. The number of hydrogen-bond donors (Lipinski definition) is 0. The van der Waals surface area contributed by atoms with E-state index >= 15 is 0 Å². The molecule has 8 heteroatoms. The van der Waals surface area contributed by atoms with Gasteiger partial charge in [-0.15, -0.1) is 0 Å². The molecule has 0 radical (unpaired) electrons. The first kappa shape index (κ1) is 23.3. The number of piperazine rings is 1. The van der Waals surface area contributed by atoms with Crippen LogP contribution in [0.15, 0.2) is 48.9 Å². The molecule has 0 spiro atoms. The van der Waals surface area contributed by atoms with Crippen LogP contribution in [-0.2, 0) is 4.74 Å². The molecule has 2 fully saturated rings. The number of carbonyl (C=O) groups excluding carboxylic acids is 1. The van der Waals surface area contributed by atoms with Gasteiger partial charge < -0.3 is 19.4 Å². The fraction of sp³-hybridized carbons (Fsp3) is 0.481. The molecule has 0 unspecified atom stereocenters. The van der Waals surface area contributed by atoms with Crippen LogP contribution >= 0.6 is 0 Å². The first-order valence-corrected chi connectivity index (χ1v) is 12.5. The number of ether oxygens (including phenoxy) is 1. The number of aromatic nitrogens is 3. The Hall–Kier alpha value is -3.42. The smallest absolute Gasteiger partial charge is 0.410 e. The zero-order chi connectivity index (χ0) is 24.4. The maximum absolute atomic E-state index is 12.4. The Kier molecular flexibility index (Phi) is 6.45. The Morgan fingerprint density at radius 1 is 0.914 bits per heavy atom. The number of pyridine rings is 1. The van der Waals surface area contributed by atoms with E-state index in [-0.39, 0.29) is 6.09 Å². The number of likely N-dealkylation sites (tertiary alicyclic amines) is 1. The SMILES string of the molecule is CC(C)(C)OC(=O)N1CCC(c2ncnc3cc(N4CCN(c5ccccn5)CC4)ccc23)CC1. The molecule has 0 saturated carbocycles. The summed E-state index contributed by atoms with van der Waals surface area (Å²) in [7, 11) is 0. The first-order valence-electron chi connectivity index (χ1n) is 12.5. The minimum Gasteiger partial charge on any atom is -0.444 e. The van der Waals surface area contributed by atoms with E-state index in [1.807, 2.05) is 44.0 Å². The van der Waals surface area contributed by atoms with Crippen molar-refractivity contribution in [3.8, 4) is 0 Å². The number of carbonyl (C=O) groups is 1. The second-order valence-corrected chi connectivity index (χ2v) is 10.4. The molecule has 2 aliphatic rings. The third kappa shape index (κ3) is 5.31. The van der Waals surface area contributed by atoms with Crippen LogP contribution in [0.5, 0.6) is 0 Å². The highest BCUT2D eigenvalue weighted by Crippen LogP contribution is 2.33. The molecule has 35 heavy (non-hydrogen) atoms. The van der Waals surface area contributed by atoms with E-state index in [2.05, 4.69) is 49.0 Å². The van der Waals surface area contributed by atoms with E-state index in [1.165, 1.54) is 5.69 Å². The van der Waals surface area contributed by atoms with E-state index in [0.717, 1.165) is 61.4 Å². The van der Waals surface area contributed by atoms with Gasteiger partial charge in [0.1, 0.15) is 17.7 Å². The van der Waals surface area contributed by atoms with Gasteiger partial charge in [0.2, 0.25) is 0 Å². The molecular formula is C27H34N6O2. The number of anilines is 2. The highest BCUT2D eigenvalue weighted by molar-refractivity contribution is 5.84. The van der Waals surface area contributed by atoms with Gasteiger partial charge in [-0.3, -0.25) is 0 Å². The lowest BCUT2D eigenvalue weighted by Crippen LogP contribution is -2.46. The van der Waals surface area contributed by atoms with Gasteiger partial charge >= 0.3 is 6.09 Å². The lowest BCUT2D eigenvalue weighted by molar-refractivity contribution is 0.0204. The minimum absolute atomic E-state index is 0.226. The molecule has 5 rings (SSSR count). The minimum atomic E-state index is -0.473. The molecule has 4 heterocycles. The zero-order valence-corrected chi connectivity index (χ0v) is 20.9. The molecule has 0 bridgehead atoms. The van der Waals surface area contributed by atoms with Crippen molar-refractivity contribution in [2.24, 2.45) is 0 Å². The van der Waals surface area contributed by atoms with Crippen molar-refractivity contribution < 1.29 is 9.53 Å². The van der Waals surface area contributed by atoms with Crippen LogP contribution in [0.1, 0.15) is 45.2 Å². The van der Waals surface area contributed by atoms with Gasteiger partial charge in [0.15, 0.2) is 0 Å². The number of benzene rings is 1.